The predicted molar refractivity (Wildman–Crippen MR) is 83.9 cm³/mol. The standard InChI is InChI=1S/C14H15ClFN3OS/c15-14-18-9-11(21-14)8-17-10-1-2-13(12(16)7-10)19-3-5-20-6-4-19/h1-2,7,9,17H,3-6,8H2. The molecule has 7 heteroatoms. The van der Waals surface area contributed by atoms with Crippen molar-refractivity contribution in [2.75, 3.05) is 36.5 Å². The van der Waals surface area contributed by atoms with Crippen LogP contribution in [0.5, 0.6) is 0 Å². The van der Waals surface area contributed by atoms with Gasteiger partial charge in [0, 0.05) is 29.9 Å². The maximum Gasteiger partial charge on any atom is 0.183 e. The van der Waals surface area contributed by atoms with Gasteiger partial charge in [-0.3, -0.25) is 0 Å². The number of aromatic nitrogens is 1. The molecule has 1 saturated heterocycles. The van der Waals surface area contributed by atoms with Crippen LogP contribution in [0, 0.1) is 5.82 Å². The quantitative estimate of drug-likeness (QED) is 0.934. The molecule has 112 valence electrons. The van der Waals surface area contributed by atoms with Crippen LogP contribution in [0.3, 0.4) is 0 Å². The molecule has 0 saturated carbocycles. The number of hydrogen-bond donors (Lipinski definition) is 1. The molecule has 0 unspecified atom stereocenters. The highest BCUT2D eigenvalue weighted by molar-refractivity contribution is 7.15. The lowest BCUT2D eigenvalue weighted by Crippen LogP contribution is -2.36. The first kappa shape index (κ1) is 14.6. The Labute approximate surface area is 131 Å². The van der Waals surface area contributed by atoms with Crippen molar-refractivity contribution in [2.24, 2.45) is 0 Å². The van der Waals surface area contributed by atoms with Crippen LogP contribution in [-0.4, -0.2) is 31.3 Å². The average molecular weight is 328 g/mol. The van der Waals surface area contributed by atoms with Crippen LogP contribution in [0.4, 0.5) is 15.8 Å². The fourth-order valence-corrected chi connectivity index (χ4v) is 3.15. The zero-order valence-electron chi connectivity index (χ0n) is 11.3. The van der Waals surface area contributed by atoms with Crippen molar-refractivity contribution < 1.29 is 9.13 Å². The largest absolute Gasteiger partial charge is 0.380 e. The van der Waals surface area contributed by atoms with E-state index in [1.807, 2.05) is 17.0 Å². The van der Waals surface area contributed by atoms with Crippen molar-refractivity contribution in [1.82, 2.24) is 4.98 Å². The van der Waals surface area contributed by atoms with E-state index in [1.54, 1.807) is 6.20 Å². The fourth-order valence-electron chi connectivity index (χ4n) is 2.23. The number of hydrogen-bond acceptors (Lipinski definition) is 5. The second-order valence-corrected chi connectivity index (χ2v) is 6.40. The van der Waals surface area contributed by atoms with Crippen LogP contribution in [0.25, 0.3) is 0 Å². The first-order chi connectivity index (χ1) is 10.2. The molecule has 2 heterocycles. The Hall–Kier alpha value is -1.37. The highest BCUT2D eigenvalue weighted by Crippen LogP contribution is 2.25. The predicted octanol–water partition coefficient (Wildman–Crippen LogP) is 3.38. The molecular formula is C14H15ClFN3OS. The number of nitrogens with zero attached hydrogens (tertiary/aromatic N) is 2. The van der Waals surface area contributed by atoms with E-state index < -0.39 is 0 Å². The van der Waals surface area contributed by atoms with Gasteiger partial charge in [-0.2, -0.15) is 0 Å². The first-order valence-corrected chi connectivity index (χ1v) is 7.88. The molecule has 3 rings (SSSR count). The summed E-state index contributed by atoms with van der Waals surface area (Å²) in [5, 5.41) is 3.17. The van der Waals surface area contributed by atoms with Crippen molar-refractivity contribution in [1.29, 1.82) is 0 Å². The number of morpholine rings is 1. The number of thiazole rings is 1. The van der Waals surface area contributed by atoms with Gasteiger partial charge in [-0.1, -0.05) is 11.6 Å². The minimum atomic E-state index is -0.218. The zero-order chi connectivity index (χ0) is 14.7. The van der Waals surface area contributed by atoms with Gasteiger partial charge in [0.05, 0.1) is 25.4 Å². The molecule has 1 N–H and O–H groups in total. The second kappa shape index (κ2) is 6.60. The maximum atomic E-state index is 14.2. The van der Waals surface area contributed by atoms with Crippen LogP contribution in [0.2, 0.25) is 4.47 Å². The van der Waals surface area contributed by atoms with Crippen LogP contribution in [-0.2, 0) is 11.3 Å². The molecular weight excluding hydrogens is 313 g/mol. The summed E-state index contributed by atoms with van der Waals surface area (Å²) >= 11 is 7.19. The second-order valence-electron chi connectivity index (χ2n) is 4.70. The summed E-state index contributed by atoms with van der Waals surface area (Å²) in [6.07, 6.45) is 1.72. The Morgan fingerprint density at radius 3 is 2.86 bits per heavy atom. The molecule has 21 heavy (non-hydrogen) atoms. The number of rotatable bonds is 4. The van der Waals surface area contributed by atoms with Crippen LogP contribution < -0.4 is 10.2 Å². The van der Waals surface area contributed by atoms with E-state index in [-0.39, 0.29) is 5.82 Å². The van der Waals surface area contributed by atoms with Gasteiger partial charge < -0.3 is 15.0 Å². The van der Waals surface area contributed by atoms with Gasteiger partial charge in [0.25, 0.3) is 0 Å². The maximum absolute atomic E-state index is 14.2. The molecule has 2 aromatic rings. The summed E-state index contributed by atoms with van der Waals surface area (Å²) in [6, 6.07) is 5.21. The van der Waals surface area contributed by atoms with E-state index in [2.05, 4.69) is 10.3 Å². The van der Waals surface area contributed by atoms with Gasteiger partial charge >= 0.3 is 0 Å². The summed E-state index contributed by atoms with van der Waals surface area (Å²) in [4.78, 5) is 6.99. The van der Waals surface area contributed by atoms with E-state index in [4.69, 9.17) is 16.3 Å². The Morgan fingerprint density at radius 1 is 1.38 bits per heavy atom. The highest BCUT2D eigenvalue weighted by atomic mass is 35.5. The third-order valence-corrected chi connectivity index (χ3v) is 4.41. The number of halogens is 2. The van der Waals surface area contributed by atoms with Gasteiger partial charge in [0.15, 0.2) is 4.47 Å². The Bertz CT molecular complexity index is 616. The fraction of sp³-hybridized carbons (Fsp3) is 0.357. The summed E-state index contributed by atoms with van der Waals surface area (Å²) < 4.78 is 20.0. The number of anilines is 2. The average Bonchev–Trinajstić information content (AvgIpc) is 2.92. The molecule has 0 radical (unpaired) electrons. The number of nitrogens with one attached hydrogen (secondary N) is 1. The van der Waals surface area contributed by atoms with E-state index in [0.29, 0.717) is 29.9 Å². The molecule has 0 aliphatic carbocycles. The molecule has 1 aromatic heterocycles. The Balaban J connectivity index is 1.65. The van der Waals surface area contributed by atoms with Gasteiger partial charge in [-0.05, 0) is 18.2 Å². The minimum Gasteiger partial charge on any atom is -0.380 e. The monoisotopic (exact) mass is 327 g/mol. The molecule has 1 aliphatic rings. The van der Waals surface area contributed by atoms with E-state index in [0.717, 1.165) is 23.7 Å². The summed E-state index contributed by atoms with van der Waals surface area (Å²) in [6.45, 7) is 3.32. The summed E-state index contributed by atoms with van der Waals surface area (Å²) in [5.41, 5.74) is 1.37. The lowest BCUT2D eigenvalue weighted by atomic mass is 10.2. The SMILES string of the molecule is Fc1cc(NCc2cnc(Cl)s2)ccc1N1CCOCC1. The lowest BCUT2D eigenvalue weighted by Gasteiger charge is -2.29. The topological polar surface area (TPSA) is 37.4 Å². The minimum absolute atomic E-state index is 0.218. The molecule has 0 spiro atoms. The Kier molecular flexibility index (Phi) is 4.57. The smallest absolute Gasteiger partial charge is 0.183 e. The molecule has 1 fully saturated rings. The third-order valence-electron chi connectivity index (χ3n) is 3.29. The van der Waals surface area contributed by atoms with Crippen molar-refractivity contribution >= 4 is 34.3 Å². The zero-order valence-corrected chi connectivity index (χ0v) is 12.9. The van der Waals surface area contributed by atoms with Crippen molar-refractivity contribution in [3.63, 3.8) is 0 Å². The van der Waals surface area contributed by atoms with Gasteiger partial charge in [-0.15, -0.1) is 11.3 Å². The summed E-state index contributed by atoms with van der Waals surface area (Å²) in [5.74, 6) is -0.218. The number of benzene rings is 1. The van der Waals surface area contributed by atoms with Gasteiger partial charge in [-0.25, -0.2) is 9.37 Å². The van der Waals surface area contributed by atoms with E-state index in [9.17, 15) is 4.39 Å². The number of ether oxygens (including phenoxy) is 1. The summed E-state index contributed by atoms with van der Waals surface area (Å²) in [7, 11) is 0. The van der Waals surface area contributed by atoms with Crippen molar-refractivity contribution in [3.05, 3.63) is 39.6 Å². The molecule has 4 nitrogen and oxygen atoms in total. The molecule has 0 bridgehead atoms. The van der Waals surface area contributed by atoms with Gasteiger partial charge in [0.1, 0.15) is 5.82 Å². The molecule has 0 amide bonds. The Morgan fingerprint density at radius 2 is 2.19 bits per heavy atom. The highest BCUT2D eigenvalue weighted by Gasteiger charge is 2.15. The van der Waals surface area contributed by atoms with Gasteiger partial charge in [0.2, 0.25) is 0 Å². The van der Waals surface area contributed by atoms with E-state index in [1.165, 1.54) is 17.4 Å². The lowest BCUT2D eigenvalue weighted by molar-refractivity contribution is 0.122. The van der Waals surface area contributed by atoms with Crippen LogP contribution in [0.15, 0.2) is 24.4 Å². The van der Waals surface area contributed by atoms with E-state index >= 15 is 0 Å². The normalized spacial score (nSPS) is 15.2. The third kappa shape index (κ3) is 3.64. The molecule has 0 atom stereocenters. The molecule has 1 aromatic carbocycles. The van der Waals surface area contributed by atoms with Crippen molar-refractivity contribution in [2.45, 2.75) is 6.54 Å². The first-order valence-electron chi connectivity index (χ1n) is 6.69. The van der Waals surface area contributed by atoms with Crippen LogP contribution in [0.1, 0.15) is 4.88 Å². The molecule has 1 aliphatic heterocycles. The van der Waals surface area contributed by atoms with Crippen LogP contribution >= 0.6 is 22.9 Å². The van der Waals surface area contributed by atoms with Crippen molar-refractivity contribution in [3.8, 4) is 0 Å².